The second-order valence-corrected chi connectivity index (χ2v) is 11.3. The molecule has 3 unspecified atom stereocenters. The van der Waals surface area contributed by atoms with Crippen LogP contribution in [0.2, 0.25) is 0 Å². The summed E-state index contributed by atoms with van der Waals surface area (Å²) in [7, 11) is 1.72. The van der Waals surface area contributed by atoms with E-state index in [2.05, 4.69) is 16.3 Å². The lowest BCUT2D eigenvalue weighted by Crippen LogP contribution is -2.49. The van der Waals surface area contributed by atoms with Crippen LogP contribution in [0.5, 0.6) is 17.2 Å². The molecule has 44 heavy (non-hydrogen) atoms. The maximum absolute atomic E-state index is 13.9. The molecule has 0 radical (unpaired) electrons. The fourth-order valence-electron chi connectivity index (χ4n) is 5.69. The minimum absolute atomic E-state index is 0.111. The predicted molar refractivity (Wildman–Crippen MR) is 164 cm³/mol. The van der Waals surface area contributed by atoms with E-state index in [4.69, 9.17) is 23.7 Å². The zero-order valence-electron chi connectivity index (χ0n) is 25.3. The largest absolute Gasteiger partial charge is 0.493 e. The molecule has 2 heterocycles. The Hall–Kier alpha value is -3.44. The lowest BCUT2D eigenvalue weighted by molar-refractivity contribution is -0.0328. The molecule has 0 bridgehead atoms. The zero-order valence-corrected chi connectivity index (χ0v) is 25.3. The Morgan fingerprint density at radius 3 is 2.70 bits per heavy atom. The Labute approximate surface area is 257 Å². The number of ether oxygens (including phenoxy) is 5. The van der Waals surface area contributed by atoms with Gasteiger partial charge in [0.25, 0.3) is 0 Å². The highest BCUT2D eigenvalue weighted by atomic mass is 19.1. The third-order valence-electron chi connectivity index (χ3n) is 8.02. The quantitative estimate of drug-likeness (QED) is 0.245. The summed E-state index contributed by atoms with van der Waals surface area (Å²) in [4.78, 5) is 2.33. The number of piperidine rings is 1. The van der Waals surface area contributed by atoms with Crippen molar-refractivity contribution in [3.63, 3.8) is 0 Å². The van der Waals surface area contributed by atoms with E-state index in [9.17, 15) is 13.9 Å². The number of nitrogens with one attached hydrogen (secondary N) is 1. The number of hydrogen-bond acceptors (Lipinski definition) is 8. The van der Waals surface area contributed by atoms with Crippen molar-refractivity contribution in [2.24, 2.45) is 0 Å². The summed E-state index contributed by atoms with van der Waals surface area (Å²) in [5, 5.41) is 14.2. The second-order valence-electron chi connectivity index (χ2n) is 11.3. The van der Waals surface area contributed by atoms with Crippen LogP contribution in [-0.2, 0) is 16.1 Å². The van der Waals surface area contributed by atoms with Crippen molar-refractivity contribution in [1.29, 1.82) is 0 Å². The Balaban J connectivity index is 1.15. The molecular formula is C34H42F2N2O6. The summed E-state index contributed by atoms with van der Waals surface area (Å²) >= 11 is 0. The molecule has 1 fully saturated rings. The molecule has 3 aromatic carbocycles. The van der Waals surface area contributed by atoms with E-state index in [1.807, 2.05) is 36.4 Å². The number of benzene rings is 3. The summed E-state index contributed by atoms with van der Waals surface area (Å²) in [6, 6.07) is 17.0. The van der Waals surface area contributed by atoms with Crippen LogP contribution in [0.25, 0.3) is 0 Å². The highest BCUT2D eigenvalue weighted by Gasteiger charge is 2.34. The maximum Gasteiger partial charge on any atom is 0.165 e. The number of anilines is 1. The molecule has 5 rings (SSSR count). The van der Waals surface area contributed by atoms with E-state index in [1.165, 1.54) is 0 Å². The summed E-state index contributed by atoms with van der Waals surface area (Å²) in [5.41, 5.74) is 3.09. The fraction of sp³-hybridized carbons (Fsp3) is 0.471. The minimum Gasteiger partial charge on any atom is -0.493 e. The number of fused-ring (bicyclic) bond motifs is 1. The van der Waals surface area contributed by atoms with Crippen LogP contribution in [0.4, 0.5) is 14.5 Å². The molecule has 8 nitrogen and oxygen atoms in total. The monoisotopic (exact) mass is 612 g/mol. The molecule has 1 saturated heterocycles. The molecule has 10 heteroatoms. The van der Waals surface area contributed by atoms with Crippen molar-refractivity contribution < 1.29 is 37.6 Å². The van der Waals surface area contributed by atoms with Gasteiger partial charge in [-0.2, -0.15) is 0 Å². The molecule has 0 aromatic heterocycles. The minimum atomic E-state index is -0.602. The molecule has 2 aliphatic rings. The average molecular weight is 613 g/mol. The fourth-order valence-corrected chi connectivity index (χ4v) is 5.69. The molecule has 238 valence electrons. The van der Waals surface area contributed by atoms with E-state index in [0.717, 1.165) is 66.9 Å². The Morgan fingerprint density at radius 2 is 1.89 bits per heavy atom. The Bertz CT molecular complexity index is 1340. The van der Waals surface area contributed by atoms with Gasteiger partial charge in [-0.05, 0) is 60.9 Å². The maximum atomic E-state index is 13.9. The van der Waals surface area contributed by atoms with Gasteiger partial charge in [0, 0.05) is 51.8 Å². The van der Waals surface area contributed by atoms with Gasteiger partial charge in [0.05, 0.1) is 43.8 Å². The SMILES string of the molecule is COCCCN1CCOc2ccc(COC3CNCC(O)C3c3ccc(OCC[C@@H](C)Oc4cc(F)ccc4F)cc3)cc21. The van der Waals surface area contributed by atoms with Crippen LogP contribution in [0.1, 0.15) is 36.8 Å². The normalized spacial score (nSPS) is 20.5. The average Bonchev–Trinajstić information content (AvgIpc) is 3.02. The molecular weight excluding hydrogens is 570 g/mol. The number of aliphatic hydroxyl groups excluding tert-OH is 1. The summed E-state index contributed by atoms with van der Waals surface area (Å²) in [6.45, 7) is 6.77. The van der Waals surface area contributed by atoms with Gasteiger partial charge in [-0.3, -0.25) is 0 Å². The van der Waals surface area contributed by atoms with Crippen molar-refractivity contribution >= 4 is 5.69 Å². The smallest absolute Gasteiger partial charge is 0.165 e. The summed E-state index contributed by atoms with van der Waals surface area (Å²) in [5.74, 6) is 0.0896. The van der Waals surface area contributed by atoms with Crippen molar-refractivity contribution in [1.82, 2.24) is 5.32 Å². The van der Waals surface area contributed by atoms with Crippen LogP contribution in [0, 0.1) is 11.6 Å². The number of β-amino-alcohol motifs (C(OH)–C–C–N with tert-alkyl or cyclic N) is 1. The molecule has 0 aliphatic carbocycles. The first kappa shape index (κ1) is 32.0. The van der Waals surface area contributed by atoms with Crippen molar-refractivity contribution in [2.45, 2.75) is 50.6 Å². The molecule has 2 N–H and O–H groups in total. The molecule has 0 spiro atoms. The third kappa shape index (κ3) is 8.38. The van der Waals surface area contributed by atoms with Crippen LogP contribution < -0.4 is 24.4 Å². The first-order chi connectivity index (χ1) is 21.4. The highest BCUT2D eigenvalue weighted by molar-refractivity contribution is 5.61. The molecule has 4 atom stereocenters. The van der Waals surface area contributed by atoms with Crippen LogP contribution in [0.3, 0.4) is 0 Å². The van der Waals surface area contributed by atoms with Gasteiger partial charge in [0.15, 0.2) is 11.6 Å². The number of aliphatic hydroxyl groups is 1. The molecule has 3 aromatic rings. The van der Waals surface area contributed by atoms with Crippen LogP contribution >= 0.6 is 0 Å². The molecule has 0 saturated carbocycles. The number of rotatable bonds is 14. The third-order valence-corrected chi connectivity index (χ3v) is 8.02. The second kappa shape index (κ2) is 15.5. The number of methoxy groups -OCH3 is 1. The lowest BCUT2D eigenvalue weighted by Gasteiger charge is -2.36. The van der Waals surface area contributed by atoms with E-state index >= 15 is 0 Å². The van der Waals surface area contributed by atoms with E-state index in [1.54, 1.807) is 14.0 Å². The van der Waals surface area contributed by atoms with Gasteiger partial charge >= 0.3 is 0 Å². The summed E-state index contributed by atoms with van der Waals surface area (Å²) < 4.78 is 56.2. The summed E-state index contributed by atoms with van der Waals surface area (Å²) in [6.07, 6.45) is 0.237. The van der Waals surface area contributed by atoms with Crippen LogP contribution in [0.15, 0.2) is 60.7 Å². The van der Waals surface area contributed by atoms with E-state index in [-0.39, 0.29) is 23.9 Å². The predicted octanol–water partition coefficient (Wildman–Crippen LogP) is 5.07. The number of nitrogens with zero attached hydrogens (tertiary/aromatic N) is 1. The number of hydrogen-bond donors (Lipinski definition) is 2. The molecule has 0 amide bonds. The van der Waals surface area contributed by atoms with Crippen LogP contribution in [-0.4, -0.2) is 76.5 Å². The topological polar surface area (TPSA) is 81.7 Å². The first-order valence-corrected chi connectivity index (χ1v) is 15.3. The van der Waals surface area contributed by atoms with E-state index in [0.29, 0.717) is 45.1 Å². The van der Waals surface area contributed by atoms with E-state index < -0.39 is 17.7 Å². The highest BCUT2D eigenvalue weighted by Crippen LogP contribution is 2.34. The van der Waals surface area contributed by atoms with Gasteiger partial charge in [-0.25, -0.2) is 8.78 Å². The van der Waals surface area contributed by atoms with Gasteiger partial charge in [-0.15, -0.1) is 0 Å². The molecule has 2 aliphatic heterocycles. The lowest BCUT2D eigenvalue weighted by atomic mass is 9.85. The Morgan fingerprint density at radius 1 is 1.05 bits per heavy atom. The first-order valence-electron chi connectivity index (χ1n) is 15.3. The van der Waals surface area contributed by atoms with Gasteiger partial charge in [0.2, 0.25) is 0 Å². The standard InChI is InChI=1S/C34H42F2N2O6/c1-23(44-32-19-26(35)7-10-28(32)36)12-16-41-27-8-5-25(6-9-27)34-30(39)20-37-21-33(34)43-22-24-4-11-31-29(18-24)38(14-17-42-31)13-3-15-40-2/h4-11,18-19,23,30,33-34,37,39H,3,12-17,20-22H2,1-2H3/t23-,30?,33?,34?/m1/s1. The van der Waals surface area contributed by atoms with Gasteiger partial charge < -0.3 is 39.0 Å². The zero-order chi connectivity index (χ0) is 30.9. The number of halogens is 2. The van der Waals surface area contributed by atoms with Crippen molar-refractivity contribution in [3.05, 3.63) is 83.4 Å². The van der Waals surface area contributed by atoms with Gasteiger partial charge in [-0.1, -0.05) is 18.2 Å². The Kier molecular flexibility index (Phi) is 11.3. The van der Waals surface area contributed by atoms with Gasteiger partial charge in [0.1, 0.15) is 23.9 Å². The van der Waals surface area contributed by atoms with Crippen molar-refractivity contribution in [2.75, 3.05) is 58.0 Å². The van der Waals surface area contributed by atoms with Crippen molar-refractivity contribution in [3.8, 4) is 17.2 Å².